The standard InChI is InChI=1S/C20H29N3O4.ClH/c1-26-17-10-15(11-18(12-17)27-2)19(24)22-8-5-14(6-9-22)20(25)23-7-3-4-16(23)13-21;/h10-12,14,16H,3-9,13,21H2,1-2H3;1H. The van der Waals surface area contributed by atoms with Crippen LogP contribution in [0.15, 0.2) is 18.2 Å². The van der Waals surface area contributed by atoms with Crippen LogP contribution >= 0.6 is 12.4 Å². The number of rotatable bonds is 5. The minimum atomic E-state index is -0.0564. The summed E-state index contributed by atoms with van der Waals surface area (Å²) in [6.45, 7) is 2.50. The Balaban J connectivity index is 0.00000280. The van der Waals surface area contributed by atoms with Gasteiger partial charge in [0.15, 0.2) is 0 Å². The third-order valence-corrected chi connectivity index (χ3v) is 5.66. The van der Waals surface area contributed by atoms with Crippen LogP contribution in [0, 0.1) is 5.92 Å². The highest BCUT2D eigenvalue weighted by molar-refractivity contribution is 5.95. The van der Waals surface area contributed by atoms with Crippen LogP contribution in [0.2, 0.25) is 0 Å². The van der Waals surface area contributed by atoms with Crippen molar-refractivity contribution in [2.75, 3.05) is 40.4 Å². The molecule has 0 radical (unpaired) electrons. The Morgan fingerprint density at radius 2 is 1.64 bits per heavy atom. The Labute approximate surface area is 172 Å². The molecular formula is C20H30ClN3O4. The van der Waals surface area contributed by atoms with Crippen molar-refractivity contribution in [3.8, 4) is 11.5 Å². The lowest BCUT2D eigenvalue weighted by Crippen LogP contribution is -2.47. The number of carbonyl (C=O) groups is 2. The van der Waals surface area contributed by atoms with Crippen LogP contribution in [0.1, 0.15) is 36.0 Å². The molecule has 1 atom stereocenters. The third kappa shape index (κ3) is 4.70. The van der Waals surface area contributed by atoms with E-state index in [4.69, 9.17) is 15.2 Å². The summed E-state index contributed by atoms with van der Waals surface area (Å²) in [5.41, 5.74) is 6.34. The summed E-state index contributed by atoms with van der Waals surface area (Å²) in [6, 6.07) is 5.36. The number of nitrogens with zero attached hydrogens (tertiary/aromatic N) is 2. The first kappa shape index (κ1) is 22.3. The maximum absolute atomic E-state index is 12.9. The van der Waals surface area contributed by atoms with Crippen LogP contribution in [0.3, 0.4) is 0 Å². The second-order valence-electron chi connectivity index (χ2n) is 7.23. The van der Waals surface area contributed by atoms with E-state index in [9.17, 15) is 9.59 Å². The number of benzene rings is 1. The molecule has 1 aromatic carbocycles. The number of hydrogen-bond donors (Lipinski definition) is 1. The van der Waals surface area contributed by atoms with E-state index < -0.39 is 0 Å². The Morgan fingerprint density at radius 1 is 1.04 bits per heavy atom. The molecule has 2 aliphatic rings. The Morgan fingerprint density at radius 3 is 2.18 bits per heavy atom. The lowest BCUT2D eigenvalue weighted by molar-refractivity contribution is -0.137. The molecule has 2 saturated heterocycles. The van der Waals surface area contributed by atoms with Gasteiger partial charge in [-0.1, -0.05) is 0 Å². The maximum Gasteiger partial charge on any atom is 0.254 e. The van der Waals surface area contributed by atoms with Crippen LogP contribution in [0.5, 0.6) is 11.5 Å². The van der Waals surface area contributed by atoms with Crippen molar-refractivity contribution in [3.63, 3.8) is 0 Å². The normalized spacial score (nSPS) is 19.9. The number of likely N-dealkylation sites (tertiary alicyclic amines) is 2. The summed E-state index contributed by atoms with van der Waals surface area (Å²) in [5, 5.41) is 0. The van der Waals surface area contributed by atoms with Crippen LogP contribution in [0.25, 0.3) is 0 Å². The molecule has 2 N–H and O–H groups in total. The van der Waals surface area contributed by atoms with Crippen LogP contribution in [-0.4, -0.2) is 68.1 Å². The zero-order valence-electron chi connectivity index (χ0n) is 16.6. The smallest absolute Gasteiger partial charge is 0.254 e. The number of methoxy groups -OCH3 is 2. The van der Waals surface area contributed by atoms with E-state index in [1.165, 1.54) is 0 Å². The van der Waals surface area contributed by atoms with Gasteiger partial charge in [-0.3, -0.25) is 9.59 Å². The molecule has 0 bridgehead atoms. The summed E-state index contributed by atoms with van der Waals surface area (Å²) in [4.78, 5) is 29.4. The van der Waals surface area contributed by atoms with E-state index in [-0.39, 0.29) is 36.2 Å². The molecule has 1 unspecified atom stereocenters. The van der Waals surface area contributed by atoms with Gasteiger partial charge in [0.1, 0.15) is 11.5 Å². The van der Waals surface area contributed by atoms with Gasteiger partial charge in [-0.25, -0.2) is 0 Å². The predicted octanol–water partition coefficient (Wildman–Crippen LogP) is 1.93. The lowest BCUT2D eigenvalue weighted by Gasteiger charge is -2.34. The number of amides is 2. The molecular weight excluding hydrogens is 382 g/mol. The predicted molar refractivity (Wildman–Crippen MR) is 109 cm³/mol. The van der Waals surface area contributed by atoms with E-state index >= 15 is 0 Å². The molecule has 2 heterocycles. The van der Waals surface area contributed by atoms with E-state index in [1.807, 2.05) is 9.80 Å². The molecule has 2 fully saturated rings. The molecule has 0 saturated carbocycles. The van der Waals surface area contributed by atoms with E-state index in [0.717, 1.165) is 19.4 Å². The second kappa shape index (κ2) is 9.98. The fraction of sp³-hybridized carbons (Fsp3) is 0.600. The van der Waals surface area contributed by atoms with E-state index in [0.29, 0.717) is 49.5 Å². The molecule has 156 valence electrons. The van der Waals surface area contributed by atoms with Gasteiger partial charge in [-0.2, -0.15) is 0 Å². The summed E-state index contributed by atoms with van der Waals surface area (Å²) < 4.78 is 10.5. The van der Waals surface area contributed by atoms with Gasteiger partial charge in [-0.15, -0.1) is 12.4 Å². The summed E-state index contributed by atoms with van der Waals surface area (Å²) in [7, 11) is 3.13. The molecule has 0 spiro atoms. The number of carbonyl (C=O) groups excluding carboxylic acids is 2. The zero-order chi connectivity index (χ0) is 19.4. The fourth-order valence-electron chi connectivity index (χ4n) is 4.05. The van der Waals surface area contributed by atoms with Gasteiger partial charge in [-0.05, 0) is 37.8 Å². The average molecular weight is 412 g/mol. The third-order valence-electron chi connectivity index (χ3n) is 5.66. The highest BCUT2D eigenvalue weighted by Crippen LogP contribution is 2.27. The van der Waals surface area contributed by atoms with Crippen LogP contribution < -0.4 is 15.2 Å². The van der Waals surface area contributed by atoms with Gasteiger partial charge in [0.25, 0.3) is 5.91 Å². The molecule has 1 aromatic rings. The maximum atomic E-state index is 12.9. The summed E-state index contributed by atoms with van der Waals surface area (Å²) in [6.07, 6.45) is 3.42. The van der Waals surface area contributed by atoms with Crippen molar-refractivity contribution in [3.05, 3.63) is 23.8 Å². The SMILES string of the molecule is COc1cc(OC)cc(C(=O)N2CCC(C(=O)N3CCCC3CN)CC2)c1.Cl. The average Bonchev–Trinajstić information content (AvgIpc) is 3.21. The Bertz CT molecular complexity index is 670. The number of hydrogen-bond acceptors (Lipinski definition) is 5. The van der Waals surface area contributed by atoms with Gasteiger partial charge >= 0.3 is 0 Å². The first-order valence-corrected chi connectivity index (χ1v) is 9.60. The largest absolute Gasteiger partial charge is 0.497 e. The Hall–Kier alpha value is -1.99. The van der Waals surface area contributed by atoms with Gasteiger partial charge < -0.3 is 25.0 Å². The van der Waals surface area contributed by atoms with Crippen molar-refractivity contribution in [1.82, 2.24) is 9.80 Å². The van der Waals surface area contributed by atoms with E-state index in [2.05, 4.69) is 0 Å². The number of halogens is 1. The van der Waals surface area contributed by atoms with Crippen molar-refractivity contribution < 1.29 is 19.1 Å². The molecule has 3 rings (SSSR count). The van der Waals surface area contributed by atoms with E-state index in [1.54, 1.807) is 32.4 Å². The zero-order valence-corrected chi connectivity index (χ0v) is 17.4. The summed E-state index contributed by atoms with van der Waals surface area (Å²) in [5.74, 6) is 1.31. The molecule has 0 aliphatic carbocycles. The number of nitrogens with two attached hydrogens (primary N) is 1. The lowest BCUT2D eigenvalue weighted by atomic mass is 9.94. The quantitative estimate of drug-likeness (QED) is 0.800. The first-order valence-electron chi connectivity index (χ1n) is 9.60. The minimum Gasteiger partial charge on any atom is -0.497 e. The highest BCUT2D eigenvalue weighted by atomic mass is 35.5. The van der Waals surface area contributed by atoms with Crippen molar-refractivity contribution in [1.29, 1.82) is 0 Å². The number of piperidine rings is 1. The van der Waals surface area contributed by atoms with Crippen LogP contribution in [0.4, 0.5) is 0 Å². The van der Waals surface area contributed by atoms with Crippen LogP contribution in [-0.2, 0) is 4.79 Å². The van der Waals surface area contributed by atoms with Gasteiger partial charge in [0, 0.05) is 49.8 Å². The first-order chi connectivity index (χ1) is 13.1. The van der Waals surface area contributed by atoms with Gasteiger partial charge in [0.2, 0.25) is 5.91 Å². The molecule has 7 nitrogen and oxygen atoms in total. The molecule has 0 aromatic heterocycles. The topological polar surface area (TPSA) is 85.1 Å². The Kier molecular flexibility index (Phi) is 7.95. The number of ether oxygens (including phenoxy) is 2. The fourth-order valence-corrected chi connectivity index (χ4v) is 4.05. The molecule has 2 aliphatic heterocycles. The van der Waals surface area contributed by atoms with Crippen molar-refractivity contribution in [2.24, 2.45) is 11.7 Å². The molecule has 2 amide bonds. The molecule has 28 heavy (non-hydrogen) atoms. The van der Waals surface area contributed by atoms with Crippen molar-refractivity contribution in [2.45, 2.75) is 31.7 Å². The van der Waals surface area contributed by atoms with Crippen molar-refractivity contribution >= 4 is 24.2 Å². The summed E-state index contributed by atoms with van der Waals surface area (Å²) >= 11 is 0. The monoisotopic (exact) mass is 411 g/mol. The highest BCUT2D eigenvalue weighted by Gasteiger charge is 2.35. The van der Waals surface area contributed by atoms with Gasteiger partial charge in [0.05, 0.1) is 14.2 Å². The second-order valence-corrected chi connectivity index (χ2v) is 7.23. The minimum absolute atomic E-state index is 0. The molecule has 8 heteroatoms.